The first kappa shape index (κ1) is 22.3. The number of pyridine rings is 1. The molecule has 8 heteroatoms. The summed E-state index contributed by atoms with van der Waals surface area (Å²) < 4.78 is 45.7. The van der Waals surface area contributed by atoms with Crippen molar-refractivity contribution in [1.82, 2.24) is 15.1 Å². The fourth-order valence-corrected chi connectivity index (χ4v) is 3.38. The highest BCUT2D eigenvalue weighted by molar-refractivity contribution is 5.89. The Morgan fingerprint density at radius 3 is 2.55 bits per heavy atom. The molecule has 0 radical (unpaired) electrons. The standard InChI is InChI=1S/C25H21F3N4O/c1-15-9-10-17(12-16(15)2)13-21(18-6-4-7-19(14-18)25(26,27)28)24-31-23(32-33-24)20-8-5-11-30-22(20)29-3/h4-14H,1-3H3,(H,29,30). The van der Waals surface area contributed by atoms with Crippen LogP contribution in [0.1, 0.15) is 33.7 Å². The minimum Gasteiger partial charge on any atom is -0.373 e. The molecule has 0 bridgehead atoms. The van der Waals surface area contributed by atoms with Gasteiger partial charge in [-0.15, -0.1) is 0 Å². The summed E-state index contributed by atoms with van der Waals surface area (Å²) in [6.07, 6.45) is -1.09. The average molecular weight is 450 g/mol. The lowest BCUT2D eigenvalue weighted by Crippen LogP contribution is -2.05. The Morgan fingerprint density at radius 2 is 1.82 bits per heavy atom. The molecule has 0 aliphatic heterocycles. The van der Waals surface area contributed by atoms with Crippen molar-refractivity contribution in [3.63, 3.8) is 0 Å². The highest BCUT2D eigenvalue weighted by Gasteiger charge is 2.31. The van der Waals surface area contributed by atoms with E-state index in [0.717, 1.165) is 28.8 Å². The monoisotopic (exact) mass is 450 g/mol. The summed E-state index contributed by atoms with van der Waals surface area (Å²) in [4.78, 5) is 8.72. The normalized spacial score (nSPS) is 12.1. The molecule has 168 valence electrons. The largest absolute Gasteiger partial charge is 0.416 e. The lowest BCUT2D eigenvalue weighted by atomic mass is 9.98. The number of nitrogens with one attached hydrogen (secondary N) is 1. The van der Waals surface area contributed by atoms with E-state index in [1.165, 1.54) is 6.07 Å². The molecule has 0 atom stereocenters. The zero-order chi connectivity index (χ0) is 23.6. The minimum absolute atomic E-state index is 0.105. The number of hydrogen-bond donors (Lipinski definition) is 1. The third kappa shape index (κ3) is 4.79. The first-order chi connectivity index (χ1) is 15.8. The third-order valence-electron chi connectivity index (χ3n) is 5.28. The van der Waals surface area contributed by atoms with Crippen LogP contribution in [0, 0.1) is 13.8 Å². The summed E-state index contributed by atoms with van der Waals surface area (Å²) in [5, 5.41) is 7.02. The molecule has 33 heavy (non-hydrogen) atoms. The molecule has 4 aromatic rings. The molecule has 0 fully saturated rings. The van der Waals surface area contributed by atoms with Crippen LogP contribution in [0.4, 0.5) is 19.0 Å². The van der Waals surface area contributed by atoms with Crippen LogP contribution in [0.3, 0.4) is 0 Å². The van der Waals surface area contributed by atoms with E-state index in [0.29, 0.717) is 22.5 Å². The molecule has 0 unspecified atom stereocenters. The Hall–Kier alpha value is -3.94. The maximum absolute atomic E-state index is 13.4. The van der Waals surface area contributed by atoms with Crippen molar-refractivity contribution < 1.29 is 17.7 Å². The van der Waals surface area contributed by atoms with Crippen LogP contribution in [-0.2, 0) is 6.18 Å². The van der Waals surface area contributed by atoms with Crippen molar-refractivity contribution in [2.45, 2.75) is 20.0 Å². The molecule has 0 amide bonds. The van der Waals surface area contributed by atoms with Gasteiger partial charge in [-0.05, 0) is 66.4 Å². The van der Waals surface area contributed by atoms with Gasteiger partial charge in [0.25, 0.3) is 5.89 Å². The van der Waals surface area contributed by atoms with Crippen LogP contribution < -0.4 is 5.32 Å². The maximum atomic E-state index is 13.4. The Bertz CT molecular complexity index is 1330. The van der Waals surface area contributed by atoms with Crippen molar-refractivity contribution in [3.8, 4) is 11.4 Å². The van der Waals surface area contributed by atoms with Gasteiger partial charge in [0.2, 0.25) is 5.82 Å². The molecule has 1 N–H and O–H groups in total. The maximum Gasteiger partial charge on any atom is 0.416 e. The highest BCUT2D eigenvalue weighted by Crippen LogP contribution is 2.34. The number of hydrogen-bond acceptors (Lipinski definition) is 5. The molecule has 5 nitrogen and oxygen atoms in total. The van der Waals surface area contributed by atoms with E-state index in [-0.39, 0.29) is 11.7 Å². The van der Waals surface area contributed by atoms with E-state index in [1.54, 1.807) is 37.5 Å². The van der Waals surface area contributed by atoms with E-state index in [2.05, 4.69) is 20.4 Å². The Kier molecular flexibility index (Phi) is 6.00. The number of nitrogens with zero attached hydrogens (tertiary/aromatic N) is 3. The van der Waals surface area contributed by atoms with Crippen molar-refractivity contribution >= 4 is 17.5 Å². The Morgan fingerprint density at radius 1 is 1.00 bits per heavy atom. The third-order valence-corrected chi connectivity index (χ3v) is 5.28. The molecular formula is C25H21F3N4O. The number of anilines is 1. The van der Waals surface area contributed by atoms with Gasteiger partial charge < -0.3 is 9.84 Å². The first-order valence-electron chi connectivity index (χ1n) is 10.2. The van der Waals surface area contributed by atoms with E-state index < -0.39 is 11.7 Å². The topological polar surface area (TPSA) is 63.8 Å². The SMILES string of the molecule is CNc1ncccc1-c1noc(C(=Cc2ccc(C)c(C)c2)c2cccc(C(F)(F)F)c2)n1. The Balaban J connectivity index is 1.86. The zero-order valence-corrected chi connectivity index (χ0v) is 18.2. The summed E-state index contributed by atoms with van der Waals surface area (Å²) in [7, 11) is 1.72. The van der Waals surface area contributed by atoms with Gasteiger partial charge in [0.1, 0.15) is 5.82 Å². The number of rotatable bonds is 5. The second-order valence-corrected chi connectivity index (χ2v) is 7.55. The summed E-state index contributed by atoms with van der Waals surface area (Å²) in [5.41, 5.74) is 3.55. The van der Waals surface area contributed by atoms with Gasteiger partial charge in [0, 0.05) is 18.8 Å². The van der Waals surface area contributed by atoms with Gasteiger partial charge >= 0.3 is 6.18 Å². The minimum atomic E-state index is -4.47. The summed E-state index contributed by atoms with van der Waals surface area (Å²) >= 11 is 0. The molecule has 0 saturated carbocycles. The molecule has 0 spiro atoms. The van der Waals surface area contributed by atoms with E-state index in [1.807, 2.05) is 32.0 Å². The van der Waals surface area contributed by atoms with Crippen molar-refractivity contribution in [3.05, 3.63) is 94.5 Å². The van der Waals surface area contributed by atoms with Crippen LogP contribution in [0.5, 0.6) is 0 Å². The highest BCUT2D eigenvalue weighted by atomic mass is 19.4. The van der Waals surface area contributed by atoms with Crippen LogP contribution in [0.25, 0.3) is 23.0 Å². The summed E-state index contributed by atoms with van der Waals surface area (Å²) in [6, 6.07) is 14.4. The molecule has 4 rings (SSSR count). The van der Waals surface area contributed by atoms with E-state index in [4.69, 9.17) is 4.52 Å². The number of aryl methyl sites for hydroxylation is 2. The van der Waals surface area contributed by atoms with Crippen molar-refractivity contribution in [1.29, 1.82) is 0 Å². The lowest BCUT2D eigenvalue weighted by Gasteiger charge is -2.10. The molecule has 0 aliphatic carbocycles. The molecular weight excluding hydrogens is 429 g/mol. The molecule has 0 aliphatic rings. The van der Waals surface area contributed by atoms with Gasteiger partial charge in [0.05, 0.1) is 11.1 Å². The second-order valence-electron chi connectivity index (χ2n) is 7.55. The second kappa shape index (κ2) is 8.90. The fourth-order valence-electron chi connectivity index (χ4n) is 3.38. The van der Waals surface area contributed by atoms with Gasteiger partial charge in [-0.3, -0.25) is 0 Å². The molecule has 2 aromatic heterocycles. The zero-order valence-electron chi connectivity index (χ0n) is 18.2. The Labute approximate surface area is 189 Å². The van der Waals surface area contributed by atoms with Gasteiger partial charge in [0.15, 0.2) is 0 Å². The number of benzene rings is 2. The van der Waals surface area contributed by atoms with Crippen molar-refractivity contribution in [2.75, 3.05) is 12.4 Å². The fraction of sp³-hybridized carbons (Fsp3) is 0.160. The van der Waals surface area contributed by atoms with Gasteiger partial charge in [-0.25, -0.2) is 4.98 Å². The predicted molar refractivity (Wildman–Crippen MR) is 121 cm³/mol. The van der Waals surface area contributed by atoms with Crippen molar-refractivity contribution in [2.24, 2.45) is 0 Å². The van der Waals surface area contributed by atoms with E-state index >= 15 is 0 Å². The van der Waals surface area contributed by atoms with Gasteiger partial charge in [-0.1, -0.05) is 35.5 Å². The number of aromatic nitrogens is 3. The number of alkyl halides is 3. The molecule has 2 heterocycles. The molecule has 2 aromatic carbocycles. The van der Waals surface area contributed by atoms with Crippen LogP contribution in [-0.4, -0.2) is 22.2 Å². The molecule has 0 saturated heterocycles. The quantitative estimate of drug-likeness (QED) is 0.357. The first-order valence-corrected chi connectivity index (χ1v) is 10.2. The number of halogens is 3. The van der Waals surface area contributed by atoms with Crippen LogP contribution in [0.2, 0.25) is 0 Å². The summed E-state index contributed by atoms with van der Waals surface area (Å²) in [5.74, 6) is 0.942. The van der Waals surface area contributed by atoms with Gasteiger partial charge in [-0.2, -0.15) is 18.2 Å². The van der Waals surface area contributed by atoms with Crippen LogP contribution >= 0.6 is 0 Å². The van der Waals surface area contributed by atoms with E-state index in [9.17, 15) is 13.2 Å². The predicted octanol–water partition coefficient (Wildman–Crippen LogP) is 6.40. The smallest absolute Gasteiger partial charge is 0.373 e. The van der Waals surface area contributed by atoms with Crippen LogP contribution in [0.15, 0.2) is 65.3 Å². The summed E-state index contributed by atoms with van der Waals surface area (Å²) in [6.45, 7) is 3.97. The average Bonchev–Trinajstić information content (AvgIpc) is 3.29. The lowest BCUT2D eigenvalue weighted by molar-refractivity contribution is -0.137.